The Kier molecular flexibility index (Phi) is 6.17. The van der Waals surface area contributed by atoms with Gasteiger partial charge in [-0.15, -0.1) is 0 Å². The van der Waals surface area contributed by atoms with Crippen molar-refractivity contribution < 1.29 is 14.6 Å². The standard InChI is InChI=1S/C27H38N2O3/c1-18-7-6-10-20-15-23-24(25(30)27(18,20)2)22(26(31)32-23)16-28-21-11-13-29(14-12-21)17-19-8-4-3-5-9-19/h3-5,8-10,18,21-25,28,30H,6-7,11-17H2,1-2H3/t18-,22-,23-,24+,25-,27-/m1/s1. The van der Waals surface area contributed by atoms with Crippen molar-refractivity contribution in [1.82, 2.24) is 10.2 Å². The van der Waals surface area contributed by atoms with E-state index in [1.54, 1.807) is 0 Å². The third-order valence-electron chi connectivity index (χ3n) is 9.03. The molecule has 2 N–H and O–H groups in total. The average Bonchev–Trinajstić information content (AvgIpc) is 3.11. The molecule has 0 unspecified atom stereocenters. The van der Waals surface area contributed by atoms with Gasteiger partial charge in [0.05, 0.1) is 12.0 Å². The van der Waals surface area contributed by atoms with E-state index in [1.165, 1.54) is 11.1 Å². The molecule has 1 aromatic carbocycles. The second-order valence-corrected chi connectivity index (χ2v) is 10.7. The van der Waals surface area contributed by atoms with E-state index in [1.807, 2.05) is 0 Å². The van der Waals surface area contributed by atoms with E-state index < -0.39 is 6.10 Å². The van der Waals surface area contributed by atoms with Gasteiger partial charge in [-0.1, -0.05) is 55.8 Å². The maximum Gasteiger partial charge on any atom is 0.311 e. The second-order valence-electron chi connectivity index (χ2n) is 10.7. The highest BCUT2D eigenvalue weighted by Gasteiger charge is 2.59. The number of ether oxygens (including phenoxy) is 1. The topological polar surface area (TPSA) is 61.8 Å². The Hall–Kier alpha value is -1.69. The molecule has 2 saturated heterocycles. The molecule has 0 amide bonds. The first-order chi connectivity index (χ1) is 15.5. The molecule has 1 saturated carbocycles. The van der Waals surface area contributed by atoms with Crippen molar-refractivity contribution >= 4 is 5.97 Å². The van der Waals surface area contributed by atoms with Gasteiger partial charge in [-0.3, -0.25) is 9.69 Å². The number of carbonyl (C=O) groups is 1. The number of carbonyl (C=O) groups excluding carboxylic acids is 1. The van der Waals surface area contributed by atoms with Crippen LogP contribution in [0.4, 0.5) is 0 Å². The maximum atomic E-state index is 12.8. The van der Waals surface area contributed by atoms with Gasteiger partial charge in [-0.25, -0.2) is 0 Å². The normalized spacial score (nSPS) is 38.0. The molecule has 5 nitrogen and oxygen atoms in total. The van der Waals surface area contributed by atoms with Gasteiger partial charge in [0.1, 0.15) is 6.10 Å². The van der Waals surface area contributed by atoms with Gasteiger partial charge < -0.3 is 15.2 Å². The minimum absolute atomic E-state index is 0.101. The Bertz CT molecular complexity index is 848. The highest BCUT2D eigenvalue weighted by Crippen LogP contribution is 2.55. The molecule has 0 radical (unpaired) electrons. The van der Waals surface area contributed by atoms with Crippen LogP contribution in [0.2, 0.25) is 0 Å². The molecule has 2 aliphatic carbocycles. The van der Waals surface area contributed by atoms with Gasteiger partial charge in [0.15, 0.2) is 0 Å². The summed E-state index contributed by atoms with van der Waals surface area (Å²) in [4.78, 5) is 15.3. The van der Waals surface area contributed by atoms with E-state index in [4.69, 9.17) is 4.74 Å². The minimum atomic E-state index is -0.520. The van der Waals surface area contributed by atoms with Crippen LogP contribution < -0.4 is 5.32 Å². The van der Waals surface area contributed by atoms with Gasteiger partial charge in [-0.05, 0) is 50.3 Å². The fraction of sp³-hybridized carbons (Fsp3) is 0.667. The maximum absolute atomic E-state index is 12.8. The summed E-state index contributed by atoms with van der Waals surface area (Å²) in [6.45, 7) is 8.22. The molecule has 0 bridgehead atoms. The van der Waals surface area contributed by atoms with Crippen LogP contribution in [-0.4, -0.2) is 53.9 Å². The van der Waals surface area contributed by atoms with Crippen molar-refractivity contribution in [2.45, 2.75) is 70.7 Å². The zero-order chi connectivity index (χ0) is 22.3. The number of aliphatic hydroxyl groups excluding tert-OH is 1. The number of nitrogens with one attached hydrogen (secondary N) is 1. The quantitative estimate of drug-likeness (QED) is 0.544. The Labute approximate surface area is 192 Å². The predicted molar refractivity (Wildman–Crippen MR) is 125 cm³/mol. The van der Waals surface area contributed by atoms with Crippen LogP contribution in [0.15, 0.2) is 42.0 Å². The molecule has 6 atom stereocenters. The van der Waals surface area contributed by atoms with E-state index in [9.17, 15) is 9.90 Å². The number of nitrogens with zero attached hydrogens (tertiary/aromatic N) is 1. The second kappa shape index (κ2) is 8.92. The summed E-state index contributed by atoms with van der Waals surface area (Å²) in [7, 11) is 0. The number of fused-ring (bicyclic) bond motifs is 2. The fourth-order valence-corrected chi connectivity index (χ4v) is 6.73. The summed E-state index contributed by atoms with van der Waals surface area (Å²) in [6, 6.07) is 11.1. The largest absolute Gasteiger partial charge is 0.461 e. The number of hydrogen-bond acceptors (Lipinski definition) is 5. The molecule has 5 heteroatoms. The molecule has 32 heavy (non-hydrogen) atoms. The number of hydrogen-bond donors (Lipinski definition) is 2. The molecular weight excluding hydrogens is 400 g/mol. The van der Waals surface area contributed by atoms with Crippen LogP contribution in [0, 0.1) is 23.2 Å². The van der Waals surface area contributed by atoms with Crippen molar-refractivity contribution in [2.75, 3.05) is 19.6 Å². The van der Waals surface area contributed by atoms with E-state index in [0.717, 1.165) is 51.7 Å². The molecule has 0 spiro atoms. The average molecular weight is 439 g/mol. The van der Waals surface area contributed by atoms with Crippen LogP contribution in [0.5, 0.6) is 0 Å². The Morgan fingerprint density at radius 3 is 2.69 bits per heavy atom. The summed E-state index contributed by atoms with van der Waals surface area (Å²) in [5, 5.41) is 15.2. The summed E-state index contributed by atoms with van der Waals surface area (Å²) < 4.78 is 5.81. The third kappa shape index (κ3) is 3.93. The van der Waals surface area contributed by atoms with Gasteiger partial charge >= 0.3 is 5.97 Å². The lowest BCUT2D eigenvalue weighted by Gasteiger charge is -2.51. The van der Waals surface area contributed by atoms with Gasteiger partial charge in [0, 0.05) is 36.9 Å². The molecule has 174 valence electrons. The predicted octanol–water partition coefficient (Wildman–Crippen LogP) is 3.53. The number of likely N-dealkylation sites (tertiary alicyclic amines) is 1. The van der Waals surface area contributed by atoms with Crippen LogP contribution in [0.3, 0.4) is 0 Å². The zero-order valence-electron chi connectivity index (χ0n) is 19.5. The van der Waals surface area contributed by atoms with Crippen molar-refractivity contribution in [3.63, 3.8) is 0 Å². The fourth-order valence-electron chi connectivity index (χ4n) is 6.73. The zero-order valence-corrected chi connectivity index (χ0v) is 19.5. The summed E-state index contributed by atoms with van der Waals surface area (Å²) in [6.07, 6.45) is 6.76. The summed E-state index contributed by atoms with van der Waals surface area (Å²) in [5.41, 5.74) is 2.44. The van der Waals surface area contributed by atoms with Gasteiger partial charge in [-0.2, -0.15) is 0 Å². The molecular formula is C27H38N2O3. The van der Waals surface area contributed by atoms with Crippen LogP contribution in [0.25, 0.3) is 0 Å². The number of allylic oxidation sites excluding steroid dienone is 1. The van der Waals surface area contributed by atoms with Crippen molar-refractivity contribution in [1.29, 1.82) is 0 Å². The van der Waals surface area contributed by atoms with Crippen molar-refractivity contribution in [2.24, 2.45) is 23.2 Å². The van der Waals surface area contributed by atoms with Crippen LogP contribution in [-0.2, 0) is 16.1 Å². The number of piperidine rings is 1. The lowest BCUT2D eigenvalue weighted by Crippen LogP contribution is -2.55. The Morgan fingerprint density at radius 1 is 1.19 bits per heavy atom. The first kappa shape index (κ1) is 22.1. The first-order valence-electron chi connectivity index (χ1n) is 12.5. The lowest BCUT2D eigenvalue weighted by atomic mass is 9.55. The molecule has 1 aromatic rings. The van der Waals surface area contributed by atoms with Gasteiger partial charge in [0.2, 0.25) is 0 Å². The molecule has 5 rings (SSSR count). The first-order valence-corrected chi connectivity index (χ1v) is 12.5. The van der Waals surface area contributed by atoms with Crippen molar-refractivity contribution in [3.05, 3.63) is 47.5 Å². The number of aliphatic hydroxyl groups is 1. The van der Waals surface area contributed by atoms with E-state index in [-0.39, 0.29) is 29.3 Å². The smallest absolute Gasteiger partial charge is 0.311 e. The minimum Gasteiger partial charge on any atom is -0.461 e. The van der Waals surface area contributed by atoms with E-state index in [2.05, 4.69) is 60.5 Å². The molecule has 0 aromatic heterocycles. The molecule has 4 aliphatic rings. The van der Waals surface area contributed by atoms with E-state index in [0.29, 0.717) is 18.5 Å². The highest BCUT2D eigenvalue weighted by molar-refractivity contribution is 5.76. The van der Waals surface area contributed by atoms with E-state index >= 15 is 0 Å². The highest BCUT2D eigenvalue weighted by atomic mass is 16.6. The lowest BCUT2D eigenvalue weighted by molar-refractivity contribution is -0.144. The molecule has 2 aliphatic heterocycles. The third-order valence-corrected chi connectivity index (χ3v) is 9.03. The number of rotatable bonds is 5. The van der Waals surface area contributed by atoms with Crippen LogP contribution in [0.1, 0.15) is 51.5 Å². The monoisotopic (exact) mass is 438 g/mol. The molecule has 3 fully saturated rings. The van der Waals surface area contributed by atoms with Gasteiger partial charge in [0.25, 0.3) is 0 Å². The molecule has 2 heterocycles. The van der Waals surface area contributed by atoms with Crippen LogP contribution >= 0.6 is 0 Å². The summed E-state index contributed by atoms with van der Waals surface area (Å²) >= 11 is 0. The Balaban J connectivity index is 1.18. The Morgan fingerprint density at radius 2 is 1.94 bits per heavy atom. The van der Waals surface area contributed by atoms with Crippen molar-refractivity contribution in [3.8, 4) is 0 Å². The number of esters is 1. The SMILES string of the molecule is C[C@@H]1CCC=C2C[C@H]3OC(=O)[C@H](CNC4CCN(Cc5ccccc5)CC4)[C@@H]3[C@@H](O)[C@@]21C. The summed E-state index contributed by atoms with van der Waals surface area (Å²) in [5.74, 6) is -0.0408. The number of benzene rings is 1.